The molecule has 0 radical (unpaired) electrons. The van der Waals surface area contributed by atoms with Crippen molar-refractivity contribution in [2.75, 3.05) is 37.9 Å². The van der Waals surface area contributed by atoms with Crippen molar-refractivity contribution in [3.05, 3.63) is 53.6 Å². The minimum Gasteiger partial charge on any atom is -0.493 e. The van der Waals surface area contributed by atoms with Gasteiger partial charge in [0.2, 0.25) is 21.8 Å². The second kappa shape index (κ2) is 13.9. The molecule has 9 nitrogen and oxygen atoms in total. The molecule has 2 amide bonds. The van der Waals surface area contributed by atoms with Crippen LogP contribution < -0.4 is 19.1 Å². The summed E-state index contributed by atoms with van der Waals surface area (Å²) in [5.41, 5.74) is 2.17. The summed E-state index contributed by atoms with van der Waals surface area (Å²) in [4.78, 5) is 28.3. The van der Waals surface area contributed by atoms with E-state index in [1.807, 2.05) is 45.0 Å². The van der Waals surface area contributed by atoms with Crippen LogP contribution in [0.2, 0.25) is 0 Å². The van der Waals surface area contributed by atoms with Gasteiger partial charge in [-0.15, -0.1) is 0 Å². The van der Waals surface area contributed by atoms with Gasteiger partial charge in [0.05, 0.1) is 26.2 Å². The molecule has 1 N–H and O–H groups in total. The van der Waals surface area contributed by atoms with Crippen molar-refractivity contribution in [3.8, 4) is 11.5 Å². The number of carbonyl (C=O) groups excluding carboxylic acids is 2. The van der Waals surface area contributed by atoms with E-state index in [-0.39, 0.29) is 18.1 Å². The molecule has 0 saturated heterocycles. The van der Waals surface area contributed by atoms with Gasteiger partial charge in [0.25, 0.3) is 0 Å². The molecular formula is C27H39N3O6S. The first-order chi connectivity index (χ1) is 17.5. The van der Waals surface area contributed by atoms with E-state index in [4.69, 9.17) is 9.47 Å². The maximum atomic E-state index is 13.7. The number of ether oxygens (including phenoxy) is 2. The first kappa shape index (κ1) is 30.0. The predicted molar refractivity (Wildman–Crippen MR) is 145 cm³/mol. The summed E-state index contributed by atoms with van der Waals surface area (Å²) in [5.74, 6) is 0.0212. The predicted octanol–water partition coefficient (Wildman–Crippen LogP) is 3.50. The average Bonchev–Trinajstić information content (AvgIpc) is 2.87. The molecule has 0 bridgehead atoms. The molecule has 37 heavy (non-hydrogen) atoms. The van der Waals surface area contributed by atoms with Gasteiger partial charge in [-0.1, -0.05) is 50.1 Å². The summed E-state index contributed by atoms with van der Waals surface area (Å²) >= 11 is 0. The normalized spacial score (nSPS) is 11.9. The number of unbranched alkanes of at least 4 members (excludes halogenated alkanes) is 1. The Kier molecular flexibility index (Phi) is 11.2. The number of methoxy groups -OCH3 is 2. The average molecular weight is 534 g/mol. The van der Waals surface area contributed by atoms with Crippen LogP contribution in [-0.4, -0.2) is 64.7 Å². The standard InChI is InChI=1S/C27H39N3O6S/c1-7-9-16-28-27(32)23(8-2)29(18-21-12-10-20(3)11-13-21)26(31)19-30(37(6,33)34)22-14-15-24(35-4)25(17-22)36-5/h10-15,17,23H,7-9,16,18-19H2,1-6H3,(H,28,32)/t23-/m0/s1. The summed E-state index contributed by atoms with van der Waals surface area (Å²) in [6, 6.07) is 11.6. The van der Waals surface area contributed by atoms with E-state index in [9.17, 15) is 18.0 Å². The van der Waals surface area contributed by atoms with Crippen LogP contribution >= 0.6 is 0 Å². The van der Waals surface area contributed by atoms with Gasteiger partial charge in [-0.2, -0.15) is 0 Å². The molecule has 10 heteroatoms. The maximum absolute atomic E-state index is 13.7. The Morgan fingerprint density at radius 2 is 1.65 bits per heavy atom. The molecule has 0 unspecified atom stereocenters. The van der Waals surface area contributed by atoms with E-state index >= 15 is 0 Å². The maximum Gasteiger partial charge on any atom is 0.244 e. The van der Waals surface area contributed by atoms with Crippen molar-refractivity contribution in [1.29, 1.82) is 0 Å². The van der Waals surface area contributed by atoms with E-state index in [2.05, 4.69) is 5.32 Å². The summed E-state index contributed by atoms with van der Waals surface area (Å²) in [5, 5.41) is 2.91. The van der Waals surface area contributed by atoms with Crippen molar-refractivity contribution >= 4 is 27.5 Å². The number of sulfonamides is 1. The lowest BCUT2D eigenvalue weighted by Gasteiger charge is -2.33. The Morgan fingerprint density at radius 1 is 1.00 bits per heavy atom. The van der Waals surface area contributed by atoms with Crippen molar-refractivity contribution in [1.82, 2.24) is 10.2 Å². The summed E-state index contributed by atoms with van der Waals surface area (Å²) in [6.45, 7) is 6.05. The van der Waals surface area contributed by atoms with E-state index < -0.39 is 28.5 Å². The molecule has 0 aliphatic rings. The highest BCUT2D eigenvalue weighted by atomic mass is 32.2. The smallest absolute Gasteiger partial charge is 0.244 e. The van der Waals surface area contributed by atoms with Gasteiger partial charge in [0.1, 0.15) is 12.6 Å². The van der Waals surface area contributed by atoms with Crippen LogP contribution in [0.1, 0.15) is 44.2 Å². The topological polar surface area (TPSA) is 105 Å². The molecule has 0 spiro atoms. The fourth-order valence-electron chi connectivity index (χ4n) is 3.91. The van der Waals surface area contributed by atoms with Crippen LogP contribution in [0.3, 0.4) is 0 Å². The highest BCUT2D eigenvalue weighted by Gasteiger charge is 2.32. The molecule has 0 aromatic heterocycles. The monoisotopic (exact) mass is 533 g/mol. The van der Waals surface area contributed by atoms with Gasteiger partial charge in [-0.3, -0.25) is 13.9 Å². The first-order valence-electron chi connectivity index (χ1n) is 12.4. The molecule has 0 aliphatic carbocycles. The zero-order valence-electron chi connectivity index (χ0n) is 22.6. The molecule has 2 aromatic carbocycles. The van der Waals surface area contributed by atoms with Gasteiger partial charge in [0.15, 0.2) is 11.5 Å². The second-order valence-corrected chi connectivity index (χ2v) is 10.8. The summed E-state index contributed by atoms with van der Waals surface area (Å²) in [7, 11) is -0.922. The van der Waals surface area contributed by atoms with Gasteiger partial charge in [-0.05, 0) is 37.5 Å². The van der Waals surface area contributed by atoms with E-state index in [1.165, 1.54) is 25.2 Å². The molecule has 0 saturated carbocycles. The number of nitrogens with zero attached hydrogens (tertiary/aromatic N) is 2. The van der Waals surface area contributed by atoms with Crippen molar-refractivity contribution in [2.45, 2.75) is 52.6 Å². The van der Waals surface area contributed by atoms with Crippen LogP contribution in [0, 0.1) is 6.92 Å². The van der Waals surface area contributed by atoms with E-state index in [0.717, 1.165) is 34.5 Å². The Morgan fingerprint density at radius 3 is 2.19 bits per heavy atom. The molecule has 0 aliphatic heterocycles. The molecule has 204 valence electrons. The van der Waals surface area contributed by atoms with Crippen LogP contribution in [-0.2, 0) is 26.2 Å². The van der Waals surface area contributed by atoms with Crippen LogP contribution in [0.15, 0.2) is 42.5 Å². The number of benzene rings is 2. The second-order valence-electron chi connectivity index (χ2n) is 8.88. The Balaban J connectivity index is 2.44. The van der Waals surface area contributed by atoms with Crippen LogP contribution in [0.5, 0.6) is 11.5 Å². The lowest BCUT2D eigenvalue weighted by atomic mass is 10.1. The number of hydrogen-bond acceptors (Lipinski definition) is 6. The van der Waals surface area contributed by atoms with Crippen molar-refractivity contribution < 1.29 is 27.5 Å². The molecule has 1 atom stereocenters. The zero-order valence-corrected chi connectivity index (χ0v) is 23.4. The lowest BCUT2D eigenvalue weighted by molar-refractivity contribution is -0.140. The third-order valence-electron chi connectivity index (χ3n) is 6.02. The Labute approximate surface area is 220 Å². The fraction of sp³-hybridized carbons (Fsp3) is 0.481. The number of anilines is 1. The largest absolute Gasteiger partial charge is 0.493 e. The lowest BCUT2D eigenvalue weighted by Crippen LogP contribution is -2.52. The summed E-state index contributed by atoms with van der Waals surface area (Å²) in [6.07, 6.45) is 3.17. The Hall–Kier alpha value is -3.27. The number of nitrogens with one attached hydrogen (secondary N) is 1. The van der Waals surface area contributed by atoms with E-state index in [0.29, 0.717) is 24.5 Å². The zero-order chi connectivity index (χ0) is 27.6. The number of carbonyl (C=O) groups is 2. The highest BCUT2D eigenvalue weighted by Crippen LogP contribution is 2.32. The van der Waals surface area contributed by atoms with Crippen molar-refractivity contribution in [2.24, 2.45) is 0 Å². The molecular weight excluding hydrogens is 494 g/mol. The Bertz CT molecular complexity index is 1150. The van der Waals surface area contributed by atoms with Gasteiger partial charge >= 0.3 is 0 Å². The number of amides is 2. The third kappa shape index (κ3) is 8.38. The molecule has 2 aromatic rings. The third-order valence-corrected chi connectivity index (χ3v) is 7.16. The minimum absolute atomic E-state index is 0.169. The number of aryl methyl sites for hydroxylation is 1. The molecule has 0 heterocycles. The SMILES string of the molecule is CCCCNC(=O)[C@H](CC)N(Cc1ccc(C)cc1)C(=O)CN(c1ccc(OC)c(OC)c1)S(C)(=O)=O. The van der Waals surface area contributed by atoms with Crippen molar-refractivity contribution in [3.63, 3.8) is 0 Å². The van der Waals surface area contributed by atoms with Crippen LogP contribution in [0.25, 0.3) is 0 Å². The molecule has 2 rings (SSSR count). The van der Waals surface area contributed by atoms with E-state index in [1.54, 1.807) is 12.1 Å². The van der Waals surface area contributed by atoms with Gasteiger partial charge < -0.3 is 19.7 Å². The first-order valence-corrected chi connectivity index (χ1v) is 14.2. The quantitative estimate of drug-likeness (QED) is 0.373. The number of hydrogen-bond donors (Lipinski definition) is 1. The van der Waals surface area contributed by atoms with Gasteiger partial charge in [0, 0.05) is 19.2 Å². The fourth-order valence-corrected chi connectivity index (χ4v) is 4.75. The van der Waals surface area contributed by atoms with Gasteiger partial charge in [-0.25, -0.2) is 8.42 Å². The minimum atomic E-state index is -3.85. The highest BCUT2D eigenvalue weighted by molar-refractivity contribution is 7.92. The molecule has 0 fully saturated rings. The number of rotatable bonds is 14. The van der Waals surface area contributed by atoms with Crippen LogP contribution in [0.4, 0.5) is 5.69 Å². The summed E-state index contributed by atoms with van der Waals surface area (Å²) < 4.78 is 37.2.